The molecule has 2 nitrogen and oxygen atoms in total. The van der Waals surface area contributed by atoms with E-state index in [9.17, 15) is 4.79 Å². The van der Waals surface area contributed by atoms with Crippen LogP contribution in [0.3, 0.4) is 0 Å². The van der Waals surface area contributed by atoms with E-state index in [0.29, 0.717) is 0 Å². The summed E-state index contributed by atoms with van der Waals surface area (Å²) in [4.78, 5) is 11.5. The van der Waals surface area contributed by atoms with Gasteiger partial charge in [-0.05, 0) is 43.1 Å². The normalized spacial score (nSPS) is 28.7. The Morgan fingerprint density at radius 2 is 2.00 bits per heavy atom. The maximum absolute atomic E-state index is 11.5. The molecule has 2 fully saturated rings. The average molecular weight is 194 g/mol. The Hall–Kier alpha value is -0.790. The predicted molar refractivity (Wildman–Crippen MR) is 54.5 cm³/mol. The lowest BCUT2D eigenvalue weighted by Crippen LogP contribution is -2.07. The lowest BCUT2D eigenvalue weighted by molar-refractivity contribution is -0.140. The monoisotopic (exact) mass is 194 g/mol. The van der Waals surface area contributed by atoms with E-state index in [-0.39, 0.29) is 17.3 Å². The van der Waals surface area contributed by atoms with E-state index in [2.05, 4.69) is 13.8 Å². The summed E-state index contributed by atoms with van der Waals surface area (Å²) in [6, 6.07) is 0. The maximum atomic E-state index is 11.5. The zero-order chi connectivity index (χ0) is 10.2. The number of rotatable bonds is 2. The van der Waals surface area contributed by atoms with Gasteiger partial charge in [0.25, 0.3) is 0 Å². The Morgan fingerprint density at radius 1 is 1.43 bits per heavy atom. The Bertz CT molecular complexity index is 268. The van der Waals surface area contributed by atoms with E-state index in [1.807, 2.05) is 0 Å². The first-order valence-electron chi connectivity index (χ1n) is 5.48. The summed E-state index contributed by atoms with van der Waals surface area (Å²) in [5.74, 6) is 0.107. The molecule has 0 bridgehead atoms. The smallest absolute Gasteiger partial charge is 0.314 e. The number of esters is 1. The van der Waals surface area contributed by atoms with Crippen LogP contribution in [0.15, 0.2) is 11.8 Å². The summed E-state index contributed by atoms with van der Waals surface area (Å²) in [5, 5.41) is 0. The molecule has 0 radical (unpaired) electrons. The number of hydrogen-bond donors (Lipinski definition) is 0. The average Bonchev–Trinajstić information content (AvgIpc) is 2.61. The van der Waals surface area contributed by atoms with Gasteiger partial charge >= 0.3 is 5.97 Å². The summed E-state index contributed by atoms with van der Waals surface area (Å²) in [7, 11) is 0. The topological polar surface area (TPSA) is 26.3 Å². The van der Waals surface area contributed by atoms with Gasteiger partial charge < -0.3 is 4.74 Å². The van der Waals surface area contributed by atoms with Gasteiger partial charge in [-0.1, -0.05) is 13.8 Å². The summed E-state index contributed by atoms with van der Waals surface area (Å²) < 4.78 is 5.18. The number of carbonyl (C=O) groups excluding carboxylic acids is 1. The molecule has 0 amide bonds. The van der Waals surface area contributed by atoms with Crippen LogP contribution in [0, 0.1) is 11.3 Å². The third kappa shape index (κ3) is 1.99. The van der Waals surface area contributed by atoms with Crippen molar-refractivity contribution in [3.8, 4) is 0 Å². The van der Waals surface area contributed by atoms with Gasteiger partial charge in [0, 0.05) is 0 Å². The van der Waals surface area contributed by atoms with Crippen LogP contribution in [0.25, 0.3) is 0 Å². The highest BCUT2D eigenvalue weighted by molar-refractivity contribution is 5.77. The maximum Gasteiger partial charge on any atom is 0.314 e. The van der Waals surface area contributed by atoms with Crippen molar-refractivity contribution in [2.24, 2.45) is 11.3 Å². The molecule has 0 N–H and O–H groups in total. The minimum absolute atomic E-state index is 0.0330. The highest BCUT2D eigenvalue weighted by Gasteiger charge is 2.51. The molecule has 0 aliphatic heterocycles. The molecule has 14 heavy (non-hydrogen) atoms. The Balaban J connectivity index is 1.81. The van der Waals surface area contributed by atoms with E-state index >= 15 is 0 Å². The molecule has 0 spiro atoms. The SMILES string of the molecule is CC1(C)CC1C(=O)OC=C1CCCC1. The van der Waals surface area contributed by atoms with Crippen LogP contribution in [0.1, 0.15) is 46.0 Å². The third-order valence-corrected chi connectivity index (χ3v) is 3.39. The molecule has 1 unspecified atom stereocenters. The van der Waals surface area contributed by atoms with E-state index < -0.39 is 0 Å². The van der Waals surface area contributed by atoms with Gasteiger partial charge in [-0.25, -0.2) is 0 Å². The van der Waals surface area contributed by atoms with E-state index in [1.165, 1.54) is 18.4 Å². The molecule has 2 rings (SSSR count). The number of carbonyl (C=O) groups is 1. The van der Waals surface area contributed by atoms with Crippen LogP contribution >= 0.6 is 0 Å². The van der Waals surface area contributed by atoms with Gasteiger partial charge in [-0.15, -0.1) is 0 Å². The molecule has 78 valence electrons. The van der Waals surface area contributed by atoms with E-state index in [4.69, 9.17) is 4.74 Å². The van der Waals surface area contributed by atoms with Crippen molar-refractivity contribution in [3.63, 3.8) is 0 Å². The fraction of sp³-hybridized carbons (Fsp3) is 0.750. The van der Waals surface area contributed by atoms with Crippen molar-refractivity contribution < 1.29 is 9.53 Å². The van der Waals surface area contributed by atoms with Gasteiger partial charge in [0.05, 0.1) is 12.2 Å². The fourth-order valence-corrected chi connectivity index (χ4v) is 2.04. The van der Waals surface area contributed by atoms with Gasteiger partial charge in [-0.3, -0.25) is 4.79 Å². The Labute approximate surface area is 85.3 Å². The molecule has 0 aromatic rings. The molecule has 0 aromatic carbocycles. The third-order valence-electron chi connectivity index (χ3n) is 3.39. The molecule has 2 aliphatic rings. The van der Waals surface area contributed by atoms with Crippen molar-refractivity contribution in [2.75, 3.05) is 0 Å². The molecule has 2 aliphatic carbocycles. The van der Waals surface area contributed by atoms with Crippen LogP contribution in [-0.4, -0.2) is 5.97 Å². The molecule has 2 saturated carbocycles. The van der Waals surface area contributed by atoms with Crippen molar-refractivity contribution >= 4 is 5.97 Å². The molecule has 2 heteroatoms. The van der Waals surface area contributed by atoms with E-state index in [0.717, 1.165) is 19.3 Å². The van der Waals surface area contributed by atoms with Crippen LogP contribution in [0.4, 0.5) is 0 Å². The summed E-state index contributed by atoms with van der Waals surface area (Å²) in [6.45, 7) is 4.23. The first-order chi connectivity index (χ1) is 6.59. The highest BCUT2D eigenvalue weighted by atomic mass is 16.5. The Morgan fingerprint density at radius 3 is 2.50 bits per heavy atom. The summed E-state index contributed by atoms with van der Waals surface area (Å²) >= 11 is 0. The van der Waals surface area contributed by atoms with Gasteiger partial charge in [0.1, 0.15) is 0 Å². The van der Waals surface area contributed by atoms with Gasteiger partial charge in [0.15, 0.2) is 0 Å². The van der Waals surface area contributed by atoms with Crippen LogP contribution < -0.4 is 0 Å². The summed E-state index contributed by atoms with van der Waals surface area (Å²) in [5.41, 5.74) is 1.49. The van der Waals surface area contributed by atoms with Crippen molar-refractivity contribution in [3.05, 3.63) is 11.8 Å². The molecule has 0 aromatic heterocycles. The predicted octanol–water partition coefficient (Wildman–Crippen LogP) is 3.03. The second-order valence-electron chi connectivity index (χ2n) is 5.17. The first kappa shape index (κ1) is 9.75. The minimum atomic E-state index is -0.0330. The van der Waals surface area contributed by atoms with Gasteiger partial charge in [-0.2, -0.15) is 0 Å². The fourth-order valence-electron chi connectivity index (χ4n) is 2.04. The molecular weight excluding hydrogens is 176 g/mol. The van der Waals surface area contributed by atoms with Crippen molar-refractivity contribution in [1.82, 2.24) is 0 Å². The van der Waals surface area contributed by atoms with Crippen LogP contribution in [0.5, 0.6) is 0 Å². The van der Waals surface area contributed by atoms with E-state index in [1.54, 1.807) is 6.26 Å². The standard InChI is InChI=1S/C12H18O2/c1-12(2)7-10(12)11(13)14-8-9-5-3-4-6-9/h8,10H,3-7H2,1-2H3. The second-order valence-corrected chi connectivity index (χ2v) is 5.17. The summed E-state index contributed by atoms with van der Waals surface area (Å²) in [6.07, 6.45) is 7.40. The molecule has 0 saturated heterocycles. The van der Waals surface area contributed by atoms with Gasteiger partial charge in [0.2, 0.25) is 0 Å². The van der Waals surface area contributed by atoms with Crippen molar-refractivity contribution in [2.45, 2.75) is 46.0 Å². The lowest BCUT2D eigenvalue weighted by atomic mass is 10.1. The molecular formula is C12H18O2. The molecule has 1 atom stereocenters. The number of allylic oxidation sites excluding steroid dienone is 1. The first-order valence-corrected chi connectivity index (χ1v) is 5.48. The Kier molecular flexibility index (Phi) is 2.38. The number of ether oxygens (including phenoxy) is 1. The highest BCUT2D eigenvalue weighted by Crippen LogP contribution is 2.52. The lowest BCUT2D eigenvalue weighted by Gasteiger charge is -2.02. The largest absolute Gasteiger partial charge is 0.434 e. The van der Waals surface area contributed by atoms with Crippen LogP contribution in [-0.2, 0) is 9.53 Å². The van der Waals surface area contributed by atoms with Crippen LogP contribution in [0.2, 0.25) is 0 Å². The zero-order valence-corrected chi connectivity index (χ0v) is 9.01. The minimum Gasteiger partial charge on any atom is -0.434 e. The van der Waals surface area contributed by atoms with Crippen molar-refractivity contribution in [1.29, 1.82) is 0 Å². The quantitative estimate of drug-likeness (QED) is 0.499. The zero-order valence-electron chi connectivity index (χ0n) is 9.01. The number of hydrogen-bond acceptors (Lipinski definition) is 2. The molecule has 0 heterocycles. The second kappa shape index (κ2) is 3.41.